The van der Waals surface area contributed by atoms with Crippen LogP contribution in [0.4, 0.5) is 0 Å². The lowest BCUT2D eigenvalue weighted by Gasteiger charge is -2.03. The third-order valence-corrected chi connectivity index (χ3v) is 5.22. The molecule has 6 nitrogen and oxygen atoms in total. The van der Waals surface area contributed by atoms with Crippen LogP contribution < -0.4 is 5.73 Å². The van der Waals surface area contributed by atoms with Crippen molar-refractivity contribution in [2.75, 3.05) is 19.8 Å². The Morgan fingerprint density at radius 2 is 0.938 bits per heavy atom. The molecule has 6 N–H and O–H groups in total. The van der Waals surface area contributed by atoms with E-state index in [-0.39, 0.29) is 13.2 Å². The molecule has 0 aliphatic heterocycles. The van der Waals surface area contributed by atoms with Gasteiger partial charge in [0.1, 0.15) is 6.10 Å². The first-order chi connectivity index (χ1) is 15.5. The first-order valence-electron chi connectivity index (χ1n) is 13.3. The summed E-state index contributed by atoms with van der Waals surface area (Å²) in [5.74, 6) is -0.653. The first kappa shape index (κ1) is 35.9. The van der Waals surface area contributed by atoms with Gasteiger partial charge >= 0.3 is 5.97 Å². The normalized spacial score (nSPS) is 10.3. The summed E-state index contributed by atoms with van der Waals surface area (Å²) in [6.45, 7) is 4.57. The molecule has 0 bridgehead atoms. The summed E-state index contributed by atoms with van der Waals surface area (Å²) < 4.78 is 0. The molecule has 0 atom stereocenters. The molecule has 0 aliphatic carbocycles. The molecule has 0 spiro atoms. The lowest BCUT2D eigenvalue weighted by atomic mass is 10.0. The molecule has 0 aliphatic rings. The largest absolute Gasteiger partial charge is 0.481 e. The second-order valence-corrected chi connectivity index (χ2v) is 8.61. The van der Waals surface area contributed by atoms with Gasteiger partial charge in [-0.25, -0.2) is 0 Å². The zero-order valence-corrected chi connectivity index (χ0v) is 21.4. The maximum Gasteiger partial charge on any atom is 0.303 e. The SMILES string of the molecule is CCCCCCCCCCCCCCCCCC(=O)O.CCCCCN.OCC(O)CO. The molecule has 0 aromatic rings. The number of aliphatic hydroxyl groups is 3. The van der Waals surface area contributed by atoms with E-state index in [2.05, 4.69) is 13.8 Å². The Bertz CT molecular complexity index is 321. The highest BCUT2D eigenvalue weighted by Crippen LogP contribution is 2.13. The highest BCUT2D eigenvalue weighted by Gasteiger charge is 1.97. The van der Waals surface area contributed by atoms with E-state index in [1.165, 1.54) is 103 Å². The van der Waals surface area contributed by atoms with Gasteiger partial charge in [0.05, 0.1) is 13.2 Å². The van der Waals surface area contributed by atoms with Crippen molar-refractivity contribution in [1.29, 1.82) is 0 Å². The molecule has 0 saturated carbocycles. The summed E-state index contributed by atoms with van der Waals surface area (Å²) >= 11 is 0. The zero-order chi connectivity index (χ0) is 24.7. The van der Waals surface area contributed by atoms with Gasteiger partial charge in [0.15, 0.2) is 0 Å². The van der Waals surface area contributed by atoms with Crippen molar-refractivity contribution in [3.8, 4) is 0 Å². The van der Waals surface area contributed by atoms with Crippen molar-refractivity contribution in [3.05, 3.63) is 0 Å². The quantitative estimate of drug-likeness (QED) is 0.137. The summed E-state index contributed by atoms with van der Waals surface area (Å²) in [4.78, 5) is 10.3. The van der Waals surface area contributed by atoms with Crippen LogP contribution in [0.15, 0.2) is 0 Å². The number of hydrogen-bond donors (Lipinski definition) is 5. The molecule has 0 saturated heterocycles. The van der Waals surface area contributed by atoms with Crippen LogP contribution in [0.3, 0.4) is 0 Å². The highest BCUT2D eigenvalue weighted by molar-refractivity contribution is 5.66. The van der Waals surface area contributed by atoms with E-state index < -0.39 is 12.1 Å². The van der Waals surface area contributed by atoms with Crippen LogP contribution in [0.5, 0.6) is 0 Å². The Labute approximate surface area is 199 Å². The van der Waals surface area contributed by atoms with Gasteiger partial charge in [0, 0.05) is 6.42 Å². The van der Waals surface area contributed by atoms with Crippen LogP contribution in [0.2, 0.25) is 0 Å². The second-order valence-electron chi connectivity index (χ2n) is 8.61. The molecule has 196 valence electrons. The molecular formula is C26H57NO5. The third kappa shape index (κ3) is 43.2. The van der Waals surface area contributed by atoms with Crippen molar-refractivity contribution in [1.82, 2.24) is 0 Å². The molecule has 0 aromatic heterocycles. The molecule has 0 unspecified atom stereocenters. The second kappa shape index (κ2) is 34.9. The van der Waals surface area contributed by atoms with Crippen molar-refractivity contribution in [2.24, 2.45) is 5.73 Å². The van der Waals surface area contributed by atoms with Crippen molar-refractivity contribution < 1.29 is 25.2 Å². The van der Waals surface area contributed by atoms with E-state index >= 15 is 0 Å². The minimum Gasteiger partial charge on any atom is -0.481 e. The Hall–Kier alpha value is -0.690. The van der Waals surface area contributed by atoms with Gasteiger partial charge in [-0.2, -0.15) is 0 Å². The Morgan fingerprint density at radius 3 is 1.16 bits per heavy atom. The Balaban J connectivity index is -0.000000571. The van der Waals surface area contributed by atoms with Crippen LogP contribution >= 0.6 is 0 Å². The van der Waals surface area contributed by atoms with E-state index in [0.717, 1.165) is 19.4 Å². The minimum atomic E-state index is -0.954. The Kier molecular flexibility index (Phi) is 39.2. The topological polar surface area (TPSA) is 124 Å². The van der Waals surface area contributed by atoms with Gasteiger partial charge in [-0.05, 0) is 19.4 Å². The van der Waals surface area contributed by atoms with Crippen molar-refractivity contribution in [3.63, 3.8) is 0 Å². The lowest BCUT2D eigenvalue weighted by Crippen LogP contribution is -2.15. The van der Waals surface area contributed by atoms with Crippen LogP contribution in [0.1, 0.15) is 136 Å². The average molecular weight is 464 g/mol. The van der Waals surface area contributed by atoms with E-state index in [0.29, 0.717) is 6.42 Å². The number of aliphatic carboxylic acids is 1. The fourth-order valence-corrected chi connectivity index (χ4v) is 3.10. The average Bonchev–Trinajstić information content (AvgIpc) is 2.80. The standard InChI is InChI=1S/C18H36O2.C5H13N.C3H8O3/c1-2-3-4-5-6-7-8-9-10-11-12-13-14-15-16-17-18(19)20;1-2-3-4-5-6;4-1-3(6)2-5/h2-17H2,1H3,(H,19,20);2-6H2,1H3;3-6H,1-2H2. The summed E-state index contributed by atoms with van der Waals surface area (Å²) in [6.07, 6.45) is 23.0. The maximum atomic E-state index is 10.3. The maximum absolute atomic E-state index is 10.3. The van der Waals surface area contributed by atoms with Gasteiger partial charge < -0.3 is 26.2 Å². The number of carbonyl (C=O) groups is 1. The van der Waals surface area contributed by atoms with Crippen LogP contribution in [0, 0.1) is 0 Å². The summed E-state index contributed by atoms with van der Waals surface area (Å²) in [5.41, 5.74) is 5.21. The predicted molar refractivity (Wildman–Crippen MR) is 136 cm³/mol. The number of rotatable bonds is 21. The molecular weight excluding hydrogens is 406 g/mol. The number of unbranched alkanes of at least 4 members (excludes halogenated alkanes) is 16. The zero-order valence-electron chi connectivity index (χ0n) is 21.4. The molecule has 0 aromatic carbocycles. The molecule has 0 rings (SSSR count). The van der Waals surface area contributed by atoms with Crippen molar-refractivity contribution >= 4 is 5.97 Å². The molecule has 32 heavy (non-hydrogen) atoms. The smallest absolute Gasteiger partial charge is 0.303 e. The molecule has 0 heterocycles. The van der Waals surface area contributed by atoms with E-state index in [1.54, 1.807) is 0 Å². The summed E-state index contributed by atoms with van der Waals surface area (Å²) in [6, 6.07) is 0. The van der Waals surface area contributed by atoms with Gasteiger partial charge in [0.2, 0.25) is 0 Å². The molecule has 0 fully saturated rings. The number of nitrogens with two attached hydrogens (primary N) is 1. The molecule has 0 radical (unpaired) electrons. The van der Waals surface area contributed by atoms with E-state index in [9.17, 15) is 4.79 Å². The van der Waals surface area contributed by atoms with Crippen LogP contribution in [-0.4, -0.2) is 52.3 Å². The fourth-order valence-electron chi connectivity index (χ4n) is 3.10. The molecule has 0 amide bonds. The van der Waals surface area contributed by atoms with Crippen LogP contribution in [0.25, 0.3) is 0 Å². The van der Waals surface area contributed by atoms with E-state index in [4.69, 9.17) is 26.2 Å². The third-order valence-electron chi connectivity index (χ3n) is 5.22. The van der Waals surface area contributed by atoms with Gasteiger partial charge in [-0.1, -0.05) is 117 Å². The van der Waals surface area contributed by atoms with E-state index in [1.807, 2.05) is 0 Å². The number of hydrogen-bond acceptors (Lipinski definition) is 5. The van der Waals surface area contributed by atoms with Crippen molar-refractivity contribution in [2.45, 2.75) is 142 Å². The number of carboxylic acid groups (broad SMARTS) is 1. The predicted octanol–water partition coefficient (Wildman–Crippen LogP) is 5.80. The summed E-state index contributed by atoms with van der Waals surface area (Å²) in [5, 5.41) is 32.5. The minimum absolute atomic E-state index is 0.345. The number of aliphatic hydroxyl groups excluding tert-OH is 3. The monoisotopic (exact) mass is 463 g/mol. The summed E-state index contributed by atoms with van der Waals surface area (Å²) in [7, 11) is 0. The highest BCUT2D eigenvalue weighted by atomic mass is 16.4. The Morgan fingerprint density at radius 1 is 0.625 bits per heavy atom. The van der Waals surface area contributed by atoms with Gasteiger partial charge in [-0.3, -0.25) is 4.79 Å². The van der Waals surface area contributed by atoms with Gasteiger partial charge in [-0.15, -0.1) is 0 Å². The van der Waals surface area contributed by atoms with Gasteiger partial charge in [0.25, 0.3) is 0 Å². The number of carboxylic acids is 1. The van der Waals surface area contributed by atoms with Crippen LogP contribution in [-0.2, 0) is 4.79 Å². The first-order valence-corrected chi connectivity index (χ1v) is 13.3. The molecule has 6 heteroatoms. The lowest BCUT2D eigenvalue weighted by molar-refractivity contribution is -0.137. The fraction of sp³-hybridized carbons (Fsp3) is 0.962.